The summed E-state index contributed by atoms with van der Waals surface area (Å²) in [5.74, 6) is 0.561. The molecule has 3 rings (SSSR count). The SMILES string of the molecule is CC(O)C1CCCCn2c1nc(-c1ccncn1)cc2=O. The normalized spacial score (nSPS) is 19.6. The van der Waals surface area contributed by atoms with Gasteiger partial charge >= 0.3 is 0 Å². The summed E-state index contributed by atoms with van der Waals surface area (Å²) in [5, 5.41) is 10.0. The van der Waals surface area contributed by atoms with Gasteiger partial charge in [0, 0.05) is 24.7 Å². The van der Waals surface area contributed by atoms with Gasteiger partial charge in [-0.1, -0.05) is 6.42 Å². The monoisotopic (exact) mass is 286 g/mol. The Morgan fingerprint density at radius 1 is 1.38 bits per heavy atom. The van der Waals surface area contributed by atoms with E-state index in [0.29, 0.717) is 23.8 Å². The maximum atomic E-state index is 12.4. The molecule has 0 fully saturated rings. The van der Waals surface area contributed by atoms with Gasteiger partial charge in [0.05, 0.1) is 17.5 Å². The van der Waals surface area contributed by atoms with Gasteiger partial charge in [0.2, 0.25) is 0 Å². The molecule has 0 aromatic carbocycles. The van der Waals surface area contributed by atoms with Crippen LogP contribution in [0.5, 0.6) is 0 Å². The molecule has 2 aromatic rings. The van der Waals surface area contributed by atoms with E-state index in [1.165, 1.54) is 12.4 Å². The van der Waals surface area contributed by atoms with Crippen LogP contribution in [-0.2, 0) is 6.54 Å². The van der Waals surface area contributed by atoms with Crippen LogP contribution in [-0.4, -0.2) is 30.7 Å². The Balaban J connectivity index is 2.16. The van der Waals surface area contributed by atoms with Crippen molar-refractivity contribution in [2.24, 2.45) is 0 Å². The van der Waals surface area contributed by atoms with Crippen LogP contribution in [0.2, 0.25) is 0 Å². The topological polar surface area (TPSA) is 80.9 Å². The second-order valence-electron chi connectivity index (χ2n) is 5.43. The van der Waals surface area contributed by atoms with Crippen LogP contribution < -0.4 is 5.56 Å². The number of nitrogens with zero attached hydrogens (tertiary/aromatic N) is 4. The summed E-state index contributed by atoms with van der Waals surface area (Å²) in [6.45, 7) is 2.41. The van der Waals surface area contributed by atoms with E-state index in [-0.39, 0.29) is 11.5 Å². The molecule has 0 saturated carbocycles. The van der Waals surface area contributed by atoms with Gasteiger partial charge in [-0.3, -0.25) is 9.36 Å². The van der Waals surface area contributed by atoms with Crippen molar-refractivity contribution < 1.29 is 5.11 Å². The Bertz CT molecular complexity index is 682. The molecule has 1 N–H and O–H groups in total. The van der Waals surface area contributed by atoms with Crippen LogP contribution in [0, 0.1) is 0 Å². The maximum Gasteiger partial charge on any atom is 0.254 e. The van der Waals surface area contributed by atoms with E-state index >= 15 is 0 Å². The van der Waals surface area contributed by atoms with Crippen molar-refractivity contribution in [2.75, 3.05) is 0 Å². The van der Waals surface area contributed by atoms with E-state index < -0.39 is 6.10 Å². The second kappa shape index (κ2) is 5.73. The predicted octanol–water partition coefficient (Wildman–Crippen LogP) is 1.35. The molecular weight excluding hydrogens is 268 g/mol. The Kier molecular flexibility index (Phi) is 3.79. The Hall–Kier alpha value is -2.08. The van der Waals surface area contributed by atoms with Crippen molar-refractivity contribution in [3.05, 3.63) is 40.8 Å². The summed E-state index contributed by atoms with van der Waals surface area (Å²) >= 11 is 0. The first-order chi connectivity index (χ1) is 10.2. The van der Waals surface area contributed by atoms with E-state index in [0.717, 1.165) is 19.3 Å². The predicted molar refractivity (Wildman–Crippen MR) is 77.8 cm³/mol. The minimum Gasteiger partial charge on any atom is -0.393 e. The third-order valence-corrected chi connectivity index (χ3v) is 3.94. The quantitative estimate of drug-likeness (QED) is 0.901. The van der Waals surface area contributed by atoms with E-state index in [2.05, 4.69) is 15.0 Å². The minimum absolute atomic E-state index is 0.0823. The molecule has 2 unspecified atom stereocenters. The molecule has 0 radical (unpaired) electrons. The standard InChI is InChI=1S/C15H18N4O2/c1-10(20)11-4-2-3-7-19-14(21)8-13(18-15(11)19)12-5-6-16-9-17-12/h5-6,8-11,20H,2-4,7H2,1H3. The number of rotatable bonds is 2. The molecule has 0 saturated heterocycles. The van der Waals surface area contributed by atoms with Gasteiger partial charge in [0.1, 0.15) is 12.2 Å². The first-order valence-corrected chi connectivity index (χ1v) is 7.23. The van der Waals surface area contributed by atoms with Crippen LogP contribution in [0.15, 0.2) is 29.5 Å². The van der Waals surface area contributed by atoms with Crippen molar-refractivity contribution in [3.63, 3.8) is 0 Å². The van der Waals surface area contributed by atoms with Crippen LogP contribution in [0.4, 0.5) is 0 Å². The molecule has 6 heteroatoms. The molecular formula is C15H18N4O2. The lowest BCUT2D eigenvalue weighted by atomic mass is 9.97. The van der Waals surface area contributed by atoms with Crippen molar-refractivity contribution in [2.45, 2.75) is 44.8 Å². The molecule has 0 aliphatic carbocycles. The number of aliphatic hydroxyl groups excluding tert-OH is 1. The molecule has 0 amide bonds. The molecule has 0 spiro atoms. The molecule has 2 aromatic heterocycles. The van der Waals surface area contributed by atoms with Gasteiger partial charge < -0.3 is 5.11 Å². The highest BCUT2D eigenvalue weighted by atomic mass is 16.3. The van der Waals surface area contributed by atoms with Gasteiger partial charge in [0.25, 0.3) is 5.56 Å². The Morgan fingerprint density at radius 3 is 2.95 bits per heavy atom. The van der Waals surface area contributed by atoms with E-state index in [4.69, 9.17) is 0 Å². The van der Waals surface area contributed by atoms with Crippen molar-refractivity contribution in [1.82, 2.24) is 19.5 Å². The van der Waals surface area contributed by atoms with Crippen LogP contribution in [0.1, 0.15) is 37.9 Å². The van der Waals surface area contributed by atoms with Crippen molar-refractivity contribution >= 4 is 0 Å². The molecule has 3 heterocycles. The lowest BCUT2D eigenvalue weighted by molar-refractivity contribution is 0.152. The summed E-state index contributed by atoms with van der Waals surface area (Å²) in [6.07, 6.45) is 5.30. The van der Waals surface area contributed by atoms with Gasteiger partial charge in [-0.25, -0.2) is 15.0 Å². The lowest BCUT2D eigenvalue weighted by Crippen LogP contribution is -2.28. The number of fused-ring (bicyclic) bond motifs is 1. The summed E-state index contributed by atoms with van der Waals surface area (Å²) in [6, 6.07) is 3.24. The largest absolute Gasteiger partial charge is 0.393 e. The van der Waals surface area contributed by atoms with E-state index in [9.17, 15) is 9.90 Å². The first kappa shape index (κ1) is 13.9. The summed E-state index contributed by atoms with van der Waals surface area (Å²) in [4.78, 5) is 25.0. The average molecular weight is 286 g/mol. The highest BCUT2D eigenvalue weighted by Gasteiger charge is 2.26. The van der Waals surface area contributed by atoms with Gasteiger partial charge in [-0.2, -0.15) is 0 Å². The Morgan fingerprint density at radius 2 is 2.24 bits per heavy atom. The number of hydrogen-bond acceptors (Lipinski definition) is 5. The second-order valence-corrected chi connectivity index (χ2v) is 5.43. The number of aromatic nitrogens is 4. The zero-order chi connectivity index (χ0) is 14.8. The third kappa shape index (κ3) is 2.71. The van der Waals surface area contributed by atoms with E-state index in [1.54, 1.807) is 23.8 Å². The fraction of sp³-hybridized carbons (Fsp3) is 0.467. The zero-order valence-corrected chi connectivity index (χ0v) is 11.9. The van der Waals surface area contributed by atoms with Gasteiger partial charge in [0.15, 0.2) is 0 Å². The molecule has 21 heavy (non-hydrogen) atoms. The number of aliphatic hydroxyl groups is 1. The van der Waals surface area contributed by atoms with Crippen LogP contribution in [0.3, 0.4) is 0 Å². The van der Waals surface area contributed by atoms with Gasteiger partial charge in [-0.15, -0.1) is 0 Å². The lowest BCUT2D eigenvalue weighted by Gasteiger charge is -2.20. The minimum atomic E-state index is -0.526. The molecule has 1 aliphatic rings. The van der Waals surface area contributed by atoms with Gasteiger partial charge in [-0.05, 0) is 25.8 Å². The Labute approximate surface area is 122 Å². The van der Waals surface area contributed by atoms with Crippen LogP contribution in [0.25, 0.3) is 11.4 Å². The zero-order valence-electron chi connectivity index (χ0n) is 11.9. The van der Waals surface area contributed by atoms with Crippen molar-refractivity contribution in [1.29, 1.82) is 0 Å². The highest BCUT2D eigenvalue weighted by Crippen LogP contribution is 2.28. The maximum absolute atomic E-state index is 12.4. The molecule has 0 bridgehead atoms. The fourth-order valence-electron chi connectivity index (χ4n) is 2.83. The molecule has 110 valence electrons. The fourth-order valence-corrected chi connectivity index (χ4v) is 2.83. The molecule has 2 atom stereocenters. The molecule has 1 aliphatic heterocycles. The van der Waals surface area contributed by atoms with Crippen LogP contribution >= 0.6 is 0 Å². The smallest absolute Gasteiger partial charge is 0.254 e. The number of hydrogen-bond donors (Lipinski definition) is 1. The summed E-state index contributed by atoms with van der Waals surface area (Å²) < 4.78 is 1.69. The molecule has 6 nitrogen and oxygen atoms in total. The van der Waals surface area contributed by atoms with Crippen molar-refractivity contribution in [3.8, 4) is 11.4 Å². The van der Waals surface area contributed by atoms with E-state index in [1.807, 2.05) is 0 Å². The summed E-state index contributed by atoms with van der Waals surface area (Å²) in [7, 11) is 0. The highest BCUT2D eigenvalue weighted by molar-refractivity contribution is 5.52. The first-order valence-electron chi connectivity index (χ1n) is 7.23. The summed E-state index contributed by atoms with van der Waals surface area (Å²) in [5.41, 5.74) is 1.08. The average Bonchev–Trinajstić information content (AvgIpc) is 2.71. The third-order valence-electron chi connectivity index (χ3n) is 3.94.